The molecule has 46 heavy (non-hydrogen) atoms. The zero-order chi connectivity index (χ0) is 31.2. The molecule has 0 aromatic carbocycles. The molecule has 7 heterocycles. The highest BCUT2D eigenvalue weighted by molar-refractivity contribution is 5.75. The van der Waals surface area contributed by atoms with Crippen LogP contribution in [0.1, 0.15) is 54.3 Å². The first-order chi connectivity index (χ1) is 22.6. The standard InChI is InChI=1S/C37H43N7O2/c1-3-31-32(10-13-38-36(31)43-16-17-44-29(22-43)18-26-6-4-5-7-34(26)44)28-19-33(37(45)41(2)21-28)40-35-9-8-27(20-39-35)25-11-14-42(15-12-25)30-23-46-24-30/h8-11,13,18-21,30H,3-7,12,14-17,22-24H2,1-2H3,(H,39,40). The van der Waals surface area contributed by atoms with Gasteiger partial charge in [0.05, 0.1) is 25.8 Å². The highest BCUT2D eigenvalue weighted by Gasteiger charge is 2.28. The van der Waals surface area contributed by atoms with E-state index in [0.29, 0.717) is 17.5 Å². The molecular weight excluding hydrogens is 574 g/mol. The average Bonchev–Trinajstić information content (AvgIpc) is 3.44. The summed E-state index contributed by atoms with van der Waals surface area (Å²) in [7, 11) is 1.82. The number of hydrogen-bond donors (Lipinski definition) is 1. The summed E-state index contributed by atoms with van der Waals surface area (Å²) < 4.78 is 9.60. The van der Waals surface area contributed by atoms with Crippen LogP contribution >= 0.6 is 0 Å². The van der Waals surface area contributed by atoms with Crippen molar-refractivity contribution in [3.05, 3.63) is 93.4 Å². The first-order valence-electron chi connectivity index (χ1n) is 16.9. The van der Waals surface area contributed by atoms with Gasteiger partial charge >= 0.3 is 0 Å². The van der Waals surface area contributed by atoms with Gasteiger partial charge in [0.2, 0.25) is 0 Å². The van der Waals surface area contributed by atoms with Crippen LogP contribution in [-0.2, 0) is 44.1 Å². The van der Waals surface area contributed by atoms with E-state index < -0.39 is 0 Å². The molecule has 1 aliphatic carbocycles. The topological polar surface area (TPSA) is 80.4 Å². The first kappa shape index (κ1) is 29.2. The molecule has 0 unspecified atom stereocenters. The van der Waals surface area contributed by atoms with Crippen molar-refractivity contribution in [3.63, 3.8) is 0 Å². The molecule has 1 saturated heterocycles. The third kappa shape index (κ3) is 5.35. The molecule has 0 amide bonds. The molecule has 0 spiro atoms. The van der Waals surface area contributed by atoms with E-state index in [1.807, 2.05) is 37.8 Å². The molecule has 0 bridgehead atoms. The Labute approximate surface area is 270 Å². The number of hydrogen-bond acceptors (Lipinski definition) is 7. The van der Waals surface area contributed by atoms with Crippen LogP contribution in [0.4, 0.5) is 17.3 Å². The summed E-state index contributed by atoms with van der Waals surface area (Å²) >= 11 is 0. The normalized spacial score (nSPS) is 18.5. The third-order valence-electron chi connectivity index (χ3n) is 10.4. The summed E-state index contributed by atoms with van der Waals surface area (Å²) in [4.78, 5) is 27.8. The first-order valence-corrected chi connectivity index (χ1v) is 16.9. The van der Waals surface area contributed by atoms with Crippen LogP contribution in [-0.4, -0.2) is 62.9 Å². The fourth-order valence-electron chi connectivity index (χ4n) is 7.74. The van der Waals surface area contributed by atoms with Crippen molar-refractivity contribution in [2.75, 3.05) is 43.1 Å². The number of rotatable bonds is 7. The molecule has 1 fully saturated rings. The van der Waals surface area contributed by atoms with Crippen LogP contribution in [0.3, 0.4) is 0 Å². The fourth-order valence-corrected chi connectivity index (χ4v) is 7.74. The van der Waals surface area contributed by atoms with Crippen LogP contribution < -0.4 is 15.8 Å². The van der Waals surface area contributed by atoms with Gasteiger partial charge in [-0.25, -0.2) is 9.97 Å². The largest absolute Gasteiger partial charge is 0.378 e. The summed E-state index contributed by atoms with van der Waals surface area (Å²) in [6.45, 7) is 8.73. The van der Waals surface area contributed by atoms with Crippen molar-refractivity contribution in [2.24, 2.45) is 7.05 Å². The molecule has 238 valence electrons. The van der Waals surface area contributed by atoms with Crippen LogP contribution in [0.25, 0.3) is 16.7 Å². The van der Waals surface area contributed by atoms with Crippen LogP contribution in [0.5, 0.6) is 0 Å². The van der Waals surface area contributed by atoms with Crippen LogP contribution in [0, 0.1) is 0 Å². The number of ether oxygens (including phenoxy) is 1. The van der Waals surface area contributed by atoms with Gasteiger partial charge in [0, 0.05) is 74.3 Å². The van der Waals surface area contributed by atoms with E-state index >= 15 is 0 Å². The van der Waals surface area contributed by atoms with Crippen molar-refractivity contribution < 1.29 is 4.74 Å². The Morgan fingerprint density at radius 2 is 1.89 bits per heavy atom. The van der Waals surface area contributed by atoms with Gasteiger partial charge in [-0.15, -0.1) is 0 Å². The predicted molar refractivity (Wildman–Crippen MR) is 183 cm³/mol. The van der Waals surface area contributed by atoms with E-state index in [0.717, 1.165) is 81.3 Å². The van der Waals surface area contributed by atoms with Gasteiger partial charge in [0.15, 0.2) is 0 Å². The molecule has 0 atom stereocenters. The van der Waals surface area contributed by atoms with E-state index in [2.05, 4.69) is 50.9 Å². The predicted octanol–water partition coefficient (Wildman–Crippen LogP) is 5.34. The lowest BCUT2D eigenvalue weighted by molar-refractivity contribution is -0.0612. The van der Waals surface area contributed by atoms with Gasteiger partial charge in [0.1, 0.15) is 17.3 Å². The zero-order valence-electron chi connectivity index (χ0n) is 27.0. The summed E-state index contributed by atoms with van der Waals surface area (Å²) in [5.41, 5.74) is 10.7. The maximum absolute atomic E-state index is 13.3. The second-order valence-electron chi connectivity index (χ2n) is 13.2. The lowest BCUT2D eigenvalue weighted by Gasteiger charge is -2.38. The van der Waals surface area contributed by atoms with E-state index in [-0.39, 0.29) is 5.56 Å². The minimum atomic E-state index is -0.0854. The van der Waals surface area contributed by atoms with E-state index in [1.54, 1.807) is 15.8 Å². The Morgan fingerprint density at radius 3 is 2.65 bits per heavy atom. The van der Waals surface area contributed by atoms with Gasteiger partial charge in [-0.2, -0.15) is 0 Å². The molecule has 0 saturated carbocycles. The molecular formula is C37H43N7O2. The van der Waals surface area contributed by atoms with Gasteiger partial charge in [-0.05, 0) is 91.1 Å². The van der Waals surface area contributed by atoms with Crippen LogP contribution in [0.2, 0.25) is 0 Å². The summed E-state index contributed by atoms with van der Waals surface area (Å²) in [5, 5.41) is 3.33. The van der Waals surface area contributed by atoms with Gasteiger partial charge in [0.25, 0.3) is 5.56 Å². The number of fused-ring (bicyclic) bond motifs is 3. The Kier molecular flexibility index (Phi) is 7.74. The van der Waals surface area contributed by atoms with Crippen molar-refractivity contribution in [3.8, 4) is 11.1 Å². The number of aryl methyl sites for hydroxylation is 2. The molecule has 8 rings (SSSR count). The average molecular weight is 618 g/mol. The number of pyridine rings is 3. The molecule has 4 aromatic rings. The van der Waals surface area contributed by atoms with Crippen LogP contribution in [0.15, 0.2) is 59.8 Å². The molecule has 9 nitrogen and oxygen atoms in total. The second-order valence-corrected chi connectivity index (χ2v) is 13.2. The lowest BCUT2D eigenvalue weighted by atomic mass is 9.98. The molecule has 9 heteroatoms. The Bertz CT molecular complexity index is 1850. The summed E-state index contributed by atoms with van der Waals surface area (Å²) in [5.74, 6) is 1.71. The Balaban J connectivity index is 1.03. The van der Waals surface area contributed by atoms with Crippen molar-refractivity contribution in [2.45, 2.75) is 64.6 Å². The Hall–Kier alpha value is -4.21. The van der Waals surface area contributed by atoms with Gasteiger partial charge in [-0.3, -0.25) is 9.69 Å². The van der Waals surface area contributed by atoms with Crippen molar-refractivity contribution >= 4 is 22.9 Å². The lowest BCUT2D eigenvalue weighted by Crippen LogP contribution is -2.50. The maximum Gasteiger partial charge on any atom is 0.274 e. The number of anilines is 3. The number of nitrogens with one attached hydrogen (secondary N) is 1. The summed E-state index contributed by atoms with van der Waals surface area (Å²) in [6, 6.07) is 11.1. The smallest absolute Gasteiger partial charge is 0.274 e. The Morgan fingerprint density at radius 1 is 1.00 bits per heavy atom. The highest BCUT2D eigenvalue weighted by atomic mass is 16.5. The minimum Gasteiger partial charge on any atom is -0.378 e. The maximum atomic E-state index is 13.3. The van der Waals surface area contributed by atoms with E-state index in [1.165, 1.54) is 42.5 Å². The van der Waals surface area contributed by atoms with Gasteiger partial charge in [-0.1, -0.05) is 13.0 Å². The second kappa shape index (κ2) is 12.2. The highest BCUT2D eigenvalue weighted by Crippen LogP contribution is 2.35. The quantitative estimate of drug-likeness (QED) is 0.300. The number of nitrogens with zero attached hydrogens (tertiary/aromatic N) is 6. The zero-order valence-corrected chi connectivity index (χ0v) is 27.0. The molecule has 1 N–H and O–H groups in total. The summed E-state index contributed by atoms with van der Waals surface area (Å²) in [6.07, 6.45) is 15.0. The minimum absolute atomic E-state index is 0.0854. The molecule has 4 aliphatic rings. The monoisotopic (exact) mass is 617 g/mol. The molecule has 3 aliphatic heterocycles. The number of aromatic nitrogens is 4. The fraction of sp³-hybridized carbons (Fsp3) is 0.432. The third-order valence-corrected chi connectivity index (χ3v) is 10.4. The molecule has 4 aromatic heterocycles. The van der Waals surface area contributed by atoms with Crippen molar-refractivity contribution in [1.82, 2.24) is 24.0 Å². The van der Waals surface area contributed by atoms with Gasteiger partial charge < -0.3 is 24.1 Å². The molecule has 0 radical (unpaired) electrons. The SMILES string of the molecule is CCc1c(-c2cc(Nc3ccc(C4=CCN(C5COC5)CC4)cn3)c(=O)n(C)c2)ccnc1N1CCn2c(cc3c2CCCC3)C1. The van der Waals surface area contributed by atoms with E-state index in [9.17, 15) is 4.79 Å². The van der Waals surface area contributed by atoms with Crippen molar-refractivity contribution in [1.29, 1.82) is 0 Å². The van der Waals surface area contributed by atoms with E-state index in [4.69, 9.17) is 14.7 Å².